The molecule has 1 aromatic heterocycles. The molecule has 8 heteroatoms. The number of carbonyl (C=O) groups is 1. The maximum absolute atomic E-state index is 13.9. The number of halogens is 2. The number of aryl methyl sites for hydroxylation is 1. The summed E-state index contributed by atoms with van der Waals surface area (Å²) in [5.41, 5.74) is 0.376. The molecule has 0 aliphatic carbocycles. The molecule has 1 atom stereocenters. The Bertz CT molecular complexity index is 926. The summed E-state index contributed by atoms with van der Waals surface area (Å²) in [6.07, 6.45) is 3.73. The Kier molecular flexibility index (Phi) is 4.49. The van der Waals surface area contributed by atoms with E-state index in [-0.39, 0.29) is 17.9 Å². The van der Waals surface area contributed by atoms with Crippen molar-refractivity contribution in [3.8, 4) is 5.75 Å². The van der Waals surface area contributed by atoms with E-state index in [0.29, 0.717) is 36.5 Å². The second-order valence-electron chi connectivity index (χ2n) is 7.37. The molecule has 0 saturated carbocycles. The van der Waals surface area contributed by atoms with Crippen molar-refractivity contribution in [2.45, 2.75) is 31.9 Å². The van der Waals surface area contributed by atoms with Gasteiger partial charge in [-0.3, -0.25) is 4.98 Å². The van der Waals surface area contributed by atoms with Gasteiger partial charge in [0.25, 0.3) is 0 Å². The van der Waals surface area contributed by atoms with Crippen LogP contribution in [0.5, 0.6) is 5.75 Å². The number of likely N-dealkylation sites (tertiary alicyclic amines) is 1. The van der Waals surface area contributed by atoms with Crippen LogP contribution in [0.4, 0.5) is 13.6 Å². The SMILES string of the molecule is Cc1ncc(C2CC=NN2C(=O)N2CC(C)(Oc3ccc(F)cc3)C2)cc1F. The first-order valence-corrected chi connectivity index (χ1v) is 9.02. The summed E-state index contributed by atoms with van der Waals surface area (Å²) in [5.74, 6) is -0.182. The largest absolute Gasteiger partial charge is 0.484 e. The van der Waals surface area contributed by atoms with Gasteiger partial charge in [-0.1, -0.05) is 0 Å². The number of aromatic nitrogens is 1. The Morgan fingerprint density at radius 3 is 2.64 bits per heavy atom. The zero-order valence-electron chi connectivity index (χ0n) is 15.6. The first-order chi connectivity index (χ1) is 13.3. The minimum atomic E-state index is -0.552. The first-order valence-electron chi connectivity index (χ1n) is 9.02. The highest BCUT2D eigenvalue weighted by molar-refractivity contribution is 5.79. The lowest BCUT2D eigenvalue weighted by atomic mass is 9.96. The van der Waals surface area contributed by atoms with Gasteiger partial charge < -0.3 is 9.64 Å². The van der Waals surface area contributed by atoms with E-state index < -0.39 is 11.4 Å². The van der Waals surface area contributed by atoms with E-state index >= 15 is 0 Å². The second kappa shape index (κ2) is 6.85. The molecule has 4 rings (SSSR count). The molecule has 0 bridgehead atoms. The van der Waals surface area contributed by atoms with Gasteiger partial charge in [-0.25, -0.2) is 18.6 Å². The predicted molar refractivity (Wildman–Crippen MR) is 99.0 cm³/mol. The summed E-state index contributed by atoms with van der Waals surface area (Å²) < 4.78 is 32.8. The van der Waals surface area contributed by atoms with Crippen molar-refractivity contribution in [1.82, 2.24) is 14.9 Å². The normalized spacial score (nSPS) is 20.2. The molecule has 6 nitrogen and oxygen atoms in total. The number of nitrogens with zero attached hydrogens (tertiary/aromatic N) is 4. The van der Waals surface area contributed by atoms with Gasteiger partial charge in [0.1, 0.15) is 23.0 Å². The number of pyridine rings is 1. The maximum Gasteiger partial charge on any atom is 0.341 e. The lowest BCUT2D eigenvalue weighted by molar-refractivity contribution is -0.0482. The highest BCUT2D eigenvalue weighted by Gasteiger charge is 2.46. The van der Waals surface area contributed by atoms with Crippen LogP contribution in [0.25, 0.3) is 0 Å². The van der Waals surface area contributed by atoms with E-state index in [9.17, 15) is 13.6 Å². The molecule has 28 heavy (non-hydrogen) atoms. The standard InChI is InChI=1S/C20H20F2N4O2/c1-13-17(22)9-14(10-23-13)18-7-8-24-26(18)19(27)25-11-20(2,12-25)28-16-5-3-15(21)4-6-16/h3-6,8-10,18H,7,11-12H2,1-2H3. The monoisotopic (exact) mass is 386 g/mol. The summed E-state index contributed by atoms with van der Waals surface area (Å²) in [4.78, 5) is 18.5. The Balaban J connectivity index is 1.41. The van der Waals surface area contributed by atoms with Gasteiger partial charge in [0.05, 0.1) is 24.8 Å². The van der Waals surface area contributed by atoms with Crippen LogP contribution in [0.15, 0.2) is 41.6 Å². The number of hydrogen-bond acceptors (Lipinski definition) is 4. The molecule has 3 heterocycles. The number of hydrogen-bond donors (Lipinski definition) is 0. The zero-order chi connectivity index (χ0) is 19.9. The van der Waals surface area contributed by atoms with Gasteiger partial charge in [-0.15, -0.1) is 0 Å². The Morgan fingerprint density at radius 1 is 1.25 bits per heavy atom. The minimum Gasteiger partial charge on any atom is -0.484 e. The number of hydrazone groups is 1. The fourth-order valence-corrected chi connectivity index (χ4v) is 3.47. The van der Waals surface area contributed by atoms with Crippen molar-refractivity contribution in [2.24, 2.45) is 5.10 Å². The highest BCUT2D eigenvalue weighted by atomic mass is 19.1. The van der Waals surface area contributed by atoms with E-state index in [1.54, 1.807) is 36.4 Å². The molecule has 2 aliphatic heterocycles. The molecule has 1 saturated heterocycles. The number of carbonyl (C=O) groups excluding carboxylic acids is 1. The lowest BCUT2D eigenvalue weighted by Crippen LogP contribution is -2.66. The van der Waals surface area contributed by atoms with E-state index in [1.165, 1.54) is 23.2 Å². The van der Waals surface area contributed by atoms with Crippen LogP contribution in [0, 0.1) is 18.6 Å². The summed E-state index contributed by atoms with van der Waals surface area (Å²) in [6.45, 7) is 4.24. The van der Waals surface area contributed by atoms with Crippen LogP contribution in [0.1, 0.15) is 30.6 Å². The quantitative estimate of drug-likeness (QED) is 0.809. The predicted octanol–water partition coefficient (Wildman–Crippen LogP) is 3.67. The first kappa shape index (κ1) is 18.3. The summed E-state index contributed by atoms with van der Waals surface area (Å²) in [7, 11) is 0. The van der Waals surface area contributed by atoms with E-state index in [4.69, 9.17) is 4.74 Å². The number of urea groups is 1. The van der Waals surface area contributed by atoms with Gasteiger partial charge in [0, 0.05) is 18.8 Å². The number of amides is 2. The average Bonchev–Trinajstić information content (AvgIpc) is 3.13. The molecule has 146 valence electrons. The van der Waals surface area contributed by atoms with Crippen molar-refractivity contribution in [2.75, 3.05) is 13.1 Å². The molecule has 1 unspecified atom stereocenters. The van der Waals surface area contributed by atoms with Crippen LogP contribution in [0.3, 0.4) is 0 Å². The van der Waals surface area contributed by atoms with Crippen molar-refractivity contribution in [3.05, 3.63) is 59.4 Å². The molecule has 2 amide bonds. The Hall–Kier alpha value is -3.03. The molecule has 2 aliphatic rings. The Morgan fingerprint density at radius 2 is 1.96 bits per heavy atom. The minimum absolute atomic E-state index is 0.264. The van der Waals surface area contributed by atoms with Crippen LogP contribution in [-0.2, 0) is 0 Å². The van der Waals surface area contributed by atoms with Crippen LogP contribution in [0.2, 0.25) is 0 Å². The van der Waals surface area contributed by atoms with E-state index in [1.807, 2.05) is 6.92 Å². The van der Waals surface area contributed by atoms with Gasteiger partial charge in [-0.2, -0.15) is 5.10 Å². The summed E-state index contributed by atoms with van der Waals surface area (Å²) >= 11 is 0. The fraction of sp³-hybridized carbons (Fsp3) is 0.350. The van der Waals surface area contributed by atoms with Crippen LogP contribution in [-0.4, -0.2) is 45.8 Å². The average molecular weight is 386 g/mol. The Labute approximate surface area is 161 Å². The lowest BCUT2D eigenvalue weighted by Gasteiger charge is -2.48. The summed E-state index contributed by atoms with van der Waals surface area (Å²) in [6, 6.07) is 6.55. The van der Waals surface area contributed by atoms with E-state index in [0.717, 1.165) is 0 Å². The maximum atomic E-state index is 13.9. The third kappa shape index (κ3) is 3.42. The number of ether oxygens (including phenoxy) is 1. The summed E-state index contributed by atoms with van der Waals surface area (Å²) in [5, 5.41) is 5.54. The smallest absolute Gasteiger partial charge is 0.341 e. The molecule has 0 radical (unpaired) electrons. The van der Waals surface area contributed by atoms with Crippen molar-refractivity contribution >= 4 is 12.2 Å². The molecular formula is C20H20F2N4O2. The van der Waals surface area contributed by atoms with Crippen LogP contribution < -0.4 is 4.74 Å². The van der Waals surface area contributed by atoms with Gasteiger partial charge >= 0.3 is 6.03 Å². The third-order valence-electron chi connectivity index (χ3n) is 4.96. The van der Waals surface area contributed by atoms with Crippen molar-refractivity contribution in [3.63, 3.8) is 0 Å². The number of benzene rings is 1. The van der Waals surface area contributed by atoms with Crippen molar-refractivity contribution < 1.29 is 18.3 Å². The molecule has 0 spiro atoms. The topological polar surface area (TPSA) is 58.0 Å². The molecule has 1 aromatic carbocycles. The molecule has 0 N–H and O–H groups in total. The number of rotatable bonds is 3. The molecule has 1 fully saturated rings. The zero-order valence-corrected chi connectivity index (χ0v) is 15.6. The highest BCUT2D eigenvalue weighted by Crippen LogP contribution is 2.33. The molecule has 2 aromatic rings. The van der Waals surface area contributed by atoms with Gasteiger partial charge in [0.15, 0.2) is 0 Å². The third-order valence-corrected chi connectivity index (χ3v) is 4.96. The molecular weight excluding hydrogens is 366 g/mol. The van der Waals surface area contributed by atoms with Gasteiger partial charge in [0.2, 0.25) is 0 Å². The van der Waals surface area contributed by atoms with Crippen LogP contribution >= 0.6 is 0 Å². The van der Waals surface area contributed by atoms with Gasteiger partial charge in [-0.05, 0) is 49.7 Å². The van der Waals surface area contributed by atoms with Crippen molar-refractivity contribution in [1.29, 1.82) is 0 Å². The fourth-order valence-electron chi connectivity index (χ4n) is 3.47. The second-order valence-corrected chi connectivity index (χ2v) is 7.37. The van der Waals surface area contributed by atoms with E-state index in [2.05, 4.69) is 10.1 Å².